The summed E-state index contributed by atoms with van der Waals surface area (Å²) in [7, 11) is -4.02. The lowest BCUT2D eigenvalue weighted by molar-refractivity contribution is 0.387. The predicted octanol–water partition coefficient (Wildman–Crippen LogP) is 0.732. The molecule has 0 saturated heterocycles. The van der Waals surface area contributed by atoms with Crippen LogP contribution in [0.25, 0.3) is 0 Å². The van der Waals surface area contributed by atoms with Crippen molar-refractivity contribution in [2.24, 2.45) is 5.73 Å². The first-order valence-electron chi connectivity index (χ1n) is 3.87. The van der Waals surface area contributed by atoms with Gasteiger partial charge < -0.3 is 15.5 Å². The zero-order valence-electron chi connectivity index (χ0n) is 8.12. The molecule has 0 saturated carbocycles. The molecule has 84 valence electrons. The highest BCUT2D eigenvalue weighted by molar-refractivity contribution is 8.13. The molecule has 0 aliphatic heterocycles. The second-order valence-electron chi connectivity index (χ2n) is 2.45. The first kappa shape index (κ1) is 14.2. The van der Waals surface area contributed by atoms with E-state index in [1.54, 1.807) is 24.5 Å². The largest absolute Gasteiger partial charge is 0.379 e. The monoisotopic (exact) mass is 248 g/mol. The predicted molar refractivity (Wildman–Crippen MR) is 63.5 cm³/mol. The molecule has 1 aromatic carbocycles. The second-order valence-corrected chi connectivity index (χ2v) is 4.90. The zero-order valence-corrected chi connectivity index (χ0v) is 9.83. The molecule has 5 N–H and O–H groups in total. The number of benzene rings is 1. The molecule has 0 aromatic heterocycles. The van der Waals surface area contributed by atoms with Crippen molar-refractivity contribution >= 4 is 29.8 Å². The standard InChI is InChI=1S/C6H7O3P.C2H6N2S/c7-10(8,9)6-4-2-1-3-5-6;1-5-2(3)4/h1-5H,(H2,7,8,9);1H3,(H3,3,4). The molecular weight excluding hydrogens is 235 g/mol. The maximum absolute atomic E-state index is 10.5. The summed E-state index contributed by atoms with van der Waals surface area (Å²) in [6.07, 6.45) is 1.77. The highest BCUT2D eigenvalue weighted by atomic mass is 32.2. The Labute approximate surface area is 92.4 Å². The molecule has 7 heteroatoms. The average molecular weight is 248 g/mol. The molecule has 1 rings (SSSR count). The lowest BCUT2D eigenvalue weighted by Crippen LogP contribution is -2.01. The lowest BCUT2D eigenvalue weighted by Gasteiger charge is -2.00. The van der Waals surface area contributed by atoms with Crippen LogP contribution in [0.5, 0.6) is 0 Å². The maximum Gasteiger partial charge on any atom is 0.356 e. The van der Waals surface area contributed by atoms with Gasteiger partial charge in [-0.05, 0) is 18.4 Å². The summed E-state index contributed by atoms with van der Waals surface area (Å²) < 4.78 is 10.5. The fraction of sp³-hybridized carbons (Fsp3) is 0.125. The molecule has 0 unspecified atom stereocenters. The average Bonchev–Trinajstić information content (AvgIpc) is 2.19. The number of amidine groups is 1. The fourth-order valence-electron chi connectivity index (χ4n) is 0.622. The summed E-state index contributed by atoms with van der Waals surface area (Å²) in [6, 6.07) is 7.70. The van der Waals surface area contributed by atoms with Crippen LogP contribution in [0.1, 0.15) is 0 Å². The molecule has 0 aliphatic carbocycles. The van der Waals surface area contributed by atoms with Gasteiger partial charge in [0.05, 0.1) is 5.30 Å². The summed E-state index contributed by atoms with van der Waals surface area (Å²) in [5, 5.41) is 6.72. The van der Waals surface area contributed by atoms with Gasteiger partial charge in [0.1, 0.15) is 0 Å². The van der Waals surface area contributed by atoms with Crippen molar-refractivity contribution in [3.8, 4) is 0 Å². The summed E-state index contributed by atoms with van der Waals surface area (Å²) in [4.78, 5) is 17.2. The Hall–Kier alpha value is -0.810. The van der Waals surface area contributed by atoms with Crippen LogP contribution in [0.15, 0.2) is 30.3 Å². The van der Waals surface area contributed by atoms with Gasteiger partial charge in [0.15, 0.2) is 5.17 Å². The molecule has 0 spiro atoms. The van der Waals surface area contributed by atoms with Crippen LogP contribution in [-0.4, -0.2) is 21.2 Å². The van der Waals surface area contributed by atoms with Crippen molar-refractivity contribution in [2.45, 2.75) is 0 Å². The molecule has 0 fully saturated rings. The topological polar surface area (TPSA) is 107 Å². The number of thioether (sulfide) groups is 1. The van der Waals surface area contributed by atoms with Crippen LogP contribution in [0.2, 0.25) is 0 Å². The highest BCUT2D eigenvalue weighted by Gasteiger charge is 2.14. The SMILES string of the molecule is CSC(=N)N.O=P(O)(O)c1ccccc1. The zero-order chi connectivity index (χ0) is 11.9. The van der Waals surface area contributed by atoms with Crippen LogP contribution < -0.4 is 11.0 Å². The van der Waals surface area contributed by atoms with Crippen LogP contribution in [0, 0.1) is 5.41 Å². The maximum atomic E-state index is 10.5. The van der Waals surface area contributed by atoms with Gasteiger partial charge in [0, 0.05) is 0 Å². The van der Waals surface area contributed by atoms with Gasteiger partial charge in [0.25, 0.3) is 0 Å². The normalized spacial score (nSPS) is 10.1. The van der Waals surface area contributed by atoms with Gasteiger partial charge >= 0.3 is 7.60 Å². The Morgan fingerprint density at radius 3 is 2.00 bits per heavy atom. The molecule has 0 atom stereocenters. The minimum Gasteiger partial charge on any atom is -0.379 e. The van der Waals surface area contributed by atoms with Crippen molar-refractivity contribution in [2.75, 3.05) is 6.26 Å². The summed E-state index contributed by atoms with van der Waals surface area (Å²) in [5.74, 6) is 0. The number of rotatable bonds is 1. The van der Waals surface area contributed by atoms with Crippen molar-refractivity contribution in [3.05, 3.63) is 30.3 Å². The molecule has 0 aliphatic rings. The minimum atomic E-state index is -4.02. The molecule has 0 amide bonds. The van der Waals surface area contributed by atoms with Crippen LogP contribution in [0.4, 0.5) is 0 Å². The van der Waals surface area contributed by atoms with Gasteiger partial charge in [-0.15, -0.1) is 0 Å². The van der Waals surface area contributed by atoms with Crippen LogP contribution >= 0.6 is 19.4 Å². The van der Waals surface area contributed by atoms with E-state index in [2.05, 4.69) is 0 Å². The first-order chi connectivity index (χ1) is 6.88. The van der Waals surface area contributed by atoms with E-state index in [1.165, 1.54) is 23.9 Å². The van der Waals surface area contributed by atoms with Crippen LogP contribution in [-0.2, 0) is 4.57 Å². The van der Waals surface area contributed by atoms with E-state index in [0.717, 1.165) is 0 Å². The number of hydrogen-bond acceptors (Lipinski definition) is 3. The Morgan fingerprint density at radius 2 is 1.80 bits per heavy atom. The van der Waals surface area contributed by atoms with E-state index in [9.17, 15) is 4.57 Å². The van der Waals surface area contributed by atoms with E-state index in [0.29, 0.717) is 0 Å². The van der Waals surface area contributed by atoms with Crippen molar-refractivity contribution in [1.82, 2.24) is 0 Å². The van der Waals surface area contributed by atoms with Gasteiger partial charge in [-0.3, -0.25) is 9.97 Å². The number of nitrogens with one attached hydrogen (secondary N) is 1. The van der Waals surface area contributed by atoms with E-state index in [1.807, 2.05) is 0 Å². The Bertz CT molecular complexity index is 352. The van der Waals surface area contributed by atoms with Crippen molar-refractivity contribution in [1.29, 1.82) is 5.41 Å². The minimum absolute atomic E-state index is 0.0648. The van der Waals surface area contributed by atoms with Crippen molar-refractivity contribution in [3.63, 3.8) is 0 Å². The van der Waals surface area contributed by atoms with E-state index >= 15 is 0 Å². The second kappa shape index (κ2) is 6.63. The first-order valence-corrected chi connectivity index (χ1v) is 6.71. The number of hydrogen-bond donors (Lipinski definition) is 4. The molecule has 15 heavy (non-hydrogen) atoms. The molecule has 0 radical (unpaired) electrons. The summed E-state index contributed by atoms with van der Waals surface area (Å²) >= 11 is 1.24. The quantitative estimate of drug-likeness (QED) is 0.333. The molecular formula is C8H13N2O3PS. The van der Waals surface area contributed by atoms with Gasteiger partial charge in [-0.25, -0.2) is 0 Å². The van der Waals surface area contributed by atoms with Gasteiger partial charge in [-0.1, -0.05) is 30.0 Å². The van der Waals surface area contributed by atoms with E-state index in [-0.39, 0.29) is 10.5 Å². The third kappa shape index (κ3) is 7.16. The van der Waals surface area contributed by atoms with E-state index in [4.69, 9.17) is 20.9 Å². The van der Waals surface area contributed by atoms with Crippen LogP contribution in [0.3, 0.4) is 0 Å². The third-order valence-electron chi connectivity index (χ3n) is 1.31. The smallest absolute Gasteiger partial charge is 0.356 e. The molecule has 1 aromatic rings. The highest BCUT2D eigenvalue weighted by Crippen LogP contribution is 2.32. The molecule has 5 nitrogen and oxygen atoms in total. The summed E-state index contributed by atoms with van der Waals surface area (Å²) in [6.45, 7) is 0. The van der Waals surface area contributed by atoms with Gasteiger partial charge in [0.2, 0.25) is 0 Å². The summed E-state index contributed by atoms with van der Waals surface area (Å²) in [5.41, 5.74) is 4.84. The van der Waals surface area contributed by atoms with Gasteiger partial charge in [-0.2, -0.15) is 0 Å². The molecule has 0 bridgehead atoms. The Balaban J connectivity index is 0.000000336. The Morgan fingerprint density at radius 1 is 1.40 bits per heavy atom. The Kier molecular flexibility index (Phi) is 6.27. The van der Waals surface area contributed by atoms with Crippen molar-refractivity contribution < 1.29 is 14.4 Å². The fourth-order valence-corrected chi connectivity index (χ4v) is 1.18. The van der Waals surface area contributed by atoms with E-state index < -0.39 is 7.60 Å². The molecule has 0 heterocycles. The lowest BCUT2D eigenvalue weighted by atomic mass is 10.4. The third-order valence-corrected chi connectivity index (χ3v) is 2.72. The number of nitrogens with two attached hydrogens (primary N) is 1.